The maximum Gasteiger partial charge on any atom is 0.309 e. The number of carboxylic acids is 1. The third-order valence-corrected chi connectivity index (χ3v) is 3.50. The summed E-state index contributed by atoms with van der Waals surface area (Å²) in [6.07, 6.45) is 1.18. The van der Waals surface area contributed by atoms with Crippen LogP contribution in [0.2, 0.25) is 10.0 Å². The van der Waals surface area contributed by atoms with E-state index < -0.39 is 11.4 Å². The topological polar surface area (TPSA) is 46.5 Å². The van der Waals surface area contributed by atoms with Gasteiger partial charge in [-0.1, -0.05) is 29.3 Å². The summed E-state index contributed by atoms with van der Waals surface area (Å²) in [5.41, 5.74) is -0.735. The summed E-state index contributed by atoms with van der Waals surface area (Å²) in [5.74, 6) is -0.277. The van der Waals surface area contributed by atoms with Crippen LogP contribution in [0.15, 0.2) is 18.2 Å². The molecule has 1 aromatic rings. The van der Waals surface area contributed by atoms with E-state index in [4.69, 9.17) is 33.0 Å². The molecule has 0 unspecified atom stereocenters. The van der Waals surface area contributed by atoms with Gasteiger partial charge in [0.15, 0.2) is 0 Å². The van der Waals surface area contributed by atoms with E-state index in [9.17, 15) is 4.79 Å². The van der Waals surface area contributed by atoms with Crippen LogP contribution in [0.3, 0.4) is 0 Å². The van der Waals surface area contributed by atoms with Crippen LogP contribution in [-0.2, 0) is 4.79 Å². The molecule has 0 saturated carbocycles. The molecular formula is C13H16Cl2O3. The van der Waals surface area contributed by atoms with Crippen molar-refractivity contribution in [2.24, 2.45) is 5.41 Å². The Balaban J connectivity index is 2.43. The minimum Gasteiger partial charge on any atom is -0.492 e. The highest BCUT2D eigenvalue weighted by atomic mass is 35.5. The minimum absolute atomic E-state index is 0.386. The fraction of sp³-hybridized carbons (Fsp3) is 0.462. The van der Waals surface area contributed by atoms with Gasteiger partial charge in [-0.2, -0.15) is 0 Å². The van der Waals surface area contributed by atoms with Gasteiger partial charge in [0, 0.05) is 0 Å². The Kier molecular flexibility index (Phi) is 5.29. The van der Waals surface area contributed by atoms with Gasteiger partial charge >= 0.3 is 5.97 Å². The van der Waals surface area contributed by atoms with Crippen molar-refractivity contribution < 1.29 is 14.6 Å². The van der Waals surface area contributed by atoms with Gasteiger partial charge in [-0.05, 0) is 38.8 Å². The van der Waals surface area contributed by atoms with Crippen LogP contribution in [0, 0.1) is 5.41 Å². The lowest BCUT2D eigenvalue weighted by Crippen LogP contribution is -2.24. The number of rotatable bonds is 6. The van der Waals surface area contributed by atoms with Crippen LogP contribution in [0.4, 0.5) is 0 Å². The second-order valence-electron chi connectivity index (χ2n) is 4.69. The molecule has 0 amide bonds. The summed E-state index contributed by atoms with van der Waals surface area (Å²) < 4.78 is 5.48. The van der Waals surface area contributed by atoms with Crippen molar-refractivity contribution in [2.45, 2.75) is 26.7 Å². The standard InChI is InChI=1S/C13H16Cl2O3/c1-13(2,12(16)17)7-4-8-18-10-6-3-5-9(14)11(10)15/h3,5-6H,4,7-8H2,1-2H3,(H,16,17). The maximum absolute atomic E-state index is 10.9. The van der Waals surface area contributed by atoms with Crippen molar-refractivity contribution >= 4 is 29.2 Å². The lowest BCUT2D eigenvalue weighted by atomic mass is 9.88. The summed E-state index contributed by atoms with van der Waals surface area (Å²) in [6.45, 7) is 3.81. The van der Waals surface area contributed by atoms with Gasteiger partial charge in [-0.15, -0.1) is 0 Å². The van der Waals surface area contributed by atoms with Crippen LogP contribution in [0.25, 0.3) is 0 Å². The molecule has 0 aliphatic carbocycles. The maximum atomic E-state index is 10.9. The monoisotopic (exact) mass is 290 g/mol. The SMILES string of the molecule is CC(C)(CCCOc1cccc(Cl)c1Cl)C(=O)O. The van der Waals surface area contributed by atoms with Crippen LogP contribution in [-0.4, -0.2) is 17.7 Å². The molecule has 0 spiro atoms. The van der Waals surface area contributed by atoms with Crippen molar-refractivity contribution in [3.05, 3.63) is 28.2 Å². The van der Waals surface area contributed by atoms with Crippen LogP contribution >= 0.6 is 23.2 Å². The zero-order chi connectivity index (χ0) is 13.8. The fourth-order valence-corrected chi connectivity index (χ4v) is 1.75. The van der Waals surface area contributed by atoms with E-state index in [1.165, 1.54) is 0 Å². The Bertz CT molecular complexity index is 430. The normalized spacial score (nSPS) is 11.3. The average molecular weight is 291 g/mol. The first-order chi connectivity index (χ1) is 8.34. The van der Waals surface area contributed by atoms with Crippen molar-refractivity contribution in [1.82, 2.24) is 0 Å². The minimum atomic E-state index is -0.803. The average Bonchev–Trinajstić information content (AvgIpc) is 2.29. The predicted molar refractivity (Wildman–Crippen MR) is 72.6 cm³/mol. The Morgan fingerprint density at radius 3 is 2.67 bits per heavy atom. The van der Waals surface area contributed by atoms with E-state index in [0.29, 0.717) is 35.2 Å². The highest BCUT2D eigenvalue weighted by Gasteiger charge is 2.26. The summed E-state index contributed by atoms with van der Waals surface area (Å²) in [7, 11) is 0. The van der Waals surface area contributed by atoms with E-state index >= 15 is 0 Å². The van der Waals surface area contributed by atoms with Crippen LogP contribution in [0.1, 0.15) is 26.7 Å². The van der Waals surface area contributed by atoms with Crippen molar-refractivity contribution in [3.8, 4) is 5.75 Å². The molecule has 3 nitrogen and oxygen atoms in total. The molecule has 100 valence electrons. The number of hydrogen-bond donors (Lipinski definition) is 1. The summed E-state index contributed by atoms with van der Waals surface area (Å²) in [4.78, 5) is 10.9. The molecule has 1 aromatic carbocycles. The fourth-order valence-electron chi connectivity index (χ4n) is 1.40. The first-order valence-corrected chi connectivity index (χ1v) is 6.40. The highest BCUT2D eigenvalue weighted by molar-refractivity contribution is 6.42. The lowest BCUT2D eigenvalue weighted by Gasteiger charge is -2.18. The predicted octanol–water partition coefficient (Wildman–Crippen LogP) is 4.26. The number of ether oxygens (including phenoxy) is 1. The van der Waals surface area contributed by atoms with E-state index in [0.717, 1.165) is 0 Å². The van der Waals surface area contributed by atoms with Gasteiger partial charge in [0.2, 0.25) is 0 Å². The number of carboxylic acid groups (broad SMARTS) is 1. The molecule has 0 radical (unpaired) electrons. The zero-order valence-corrected chi connectivity index (χ0v) is 11.9. The summed E-state index contributed by atoms with van der Waals surface area (Å²) in [6, 6.07) is 5.17. The van der Waals surface area contributed by atoms with E-state index in [-0.39, 0.29) is 0 Å². The second-order valence-corrected chi connectivity index (χ2v) is 5.48. The molecule has 0 aliphatic heterocycles. The van der Waals surface area contributed by atoms with Gasteiger partial charge < -0.3 is 9.84 Å². The third-order valence-electron chi connectivity index (χ3n) is 2.70. The Hall–Kier alpha value is -0.930. The Morgan fingerprint density at radius 2 is 2.06 bits per heavy atom. The number of halogens is 2. The Morgan fingerprint density at radius 1 is 1.39 bits per heavy atom. The highest BCUT2D eigenvalue weighted by Crippen LogP contribution is 2.31. The van der Waals surface area contributed by atoms with Crippen molar-refractivity contribution in [1.29, 1.82) is 0 Å². The second kappa shape index (κ2) is 6.30. The van der Waals surface area contributed by atoms with Crippen LogP contribution in [0.5, 0.6) is 5.75 Å². The van der Waals surface area contributed by atoms with Crippen molar-refractivity contribution in [3.63, 3.8) is 0 Å². The first kappa shape index (κ1) is 15.1. The quantitative estimate of drug-likeness (QED) is 0.796. The first-order valence-electron chi connectivity index (χ1n) is 5.65. The molecule has 0 aliphatic rings. The molecule has 0 bridgehead atoms. The molecule has 0 saturated heterocycles. The van der Waals surface area contributed by atoms with E-state index in [2.05, 4.69) is 0 Å². The molecule has 0 atom stereocenters. The molecule has 1 rings (SSSR count). The lowest BCUT2D eigenvalue weighted by molar-refractivity contribution is -0.147. The largest absolute Gasteiger partial charge is 0.492 e. The molecule has 5 heteroatoms. The molecule has 18 heavy (non-hydrogen) atoms. The van der Waals surface area contributed by atoms with Gasteiger partial charge in [-0.3, -0.25) is 4.79 Å². The van der Waals surface area contributed by atoms with Gasteiger partial charge in [-0.25, -0.2) is 0 Å². The van der Waals surface area contributed by atoms with Crippen molar-refractivity contribution in [2.75, 3.05) is 6.61 Å². The van der Waals surface area contributed by atoms with Gasteiger partial charge in [0.25, 0.3) is 0 Å². The third kappa shape index (κ3) is 4.07. The summed E-state index contributed by atoms with van der Waals surface area (Å²) >= 11 is 11.8. The molecule has 0 heterocycles. The summed E-state index contributed by atoms with van der Waals surface area (Å²) in [5, 5.41) is 9.79. The molecule has 1 N–H and O–H groups in total. The Labute approximate surface area is 117 Å². The molecule has 0 aromatic heterocycles. The number of aliphatic carboxylic acids is 1. The van der Waals surface area contributed by atoms with E-state index in [1.54, 1.807) is 32.0 Å². The number of benzene rings is 1. The van der Waals surface area contributed by atoms with Gasteiger partial charge in [0.1, 0.15) is 10.8 Å². The van der Waals surface area contributed by atoms with Gasteiger partial charge in [0.05, 0.1) is 17.0 Å². The smallest absolute Gasteiger partial charge is 0.309 e. The number of carbonyl (C=O) groups is 1. The zero-order valence-electron chi connectivity index (χ0n) is 10.4. The van der Waals surface area contributed by atoms with Crippen LogP contribution < -0.4 is 4.74 Å². The van der Waals surface area contributed by atoms with E-state index in [1.807, 2.05) is 0 Å². The number of hydrogen-bond acceptors (Lipinski definition) is 2. The molecule has 0 fully saturated rings. The molecular weight excluding hydrogens is 275 g/mol.